The SMILES string of the molecule is CN1CCc2nc(NC(=O)c3ccc(S(=O)(=O)N4CCc5ccccc5C4)cc3)sc2C1. The average molecular weight is 469 g/mol. The molecule has 2 aromatic carbocycles. The first-order chi connectivity index (χ1) is 15.4. The van der Waals surface area contributed by atoms with Crippen LogP contribution in [0.25, 0.3) is 0 Å². The first-order valence-corrected chi connectivity index (χ1v) is 12.8. The van der Waals surface area contributed by atoms with Crippen LogP contribution in [0.4, 0.5) is 5.13 Å². The van der Waals surface area contributed by atoms with E-state index in [9.17, 15) is 13.2 Å². The summed E-state index contributed by atoms with van der Waals surface area (Å²) < 4.78 is 27.7. The van der Waals surface area contributed by atoms with Crippen LogP contribution in [0, 0.1) is 0 Å². The van der Waals surface area contributed by atoms with Crippen molar-refractivity contribution in [2.75, 3.05) is 25.5 Å². The van der Waals surface area contributed by atoms with Crippen LogP contribution in [0.3, 0.4) is 0 Å². The maximum absolute atomic E-state index is 13.1. The van der Waals surface area contributed by atoms with Crippen LogP contribution in [0.2, 0.25) is 0 Å². The lowest BCUT2D eigenvalue weighted by atomic mass is 10.0. The second kappa shape index (κ2) is 8.40. The van der Waals surface area contributed by atoms with E-state index in [0.29, 0.717) is 30.2 Å². The van der Waals surface area contributed by atoms with Crippen molar-refractivity contribution in [2.24, 2.45) is 0 Å². The lowest BCUT2D eigenvalue weighted by Gasteiger charge is -2.28. The molecule has 1 aromatic heterocycles. The van der Waals surface area contributed by atoms with Crippen LogP contribution in [0.1, 0.15) is 32.1 Å². The Bertz CT molecular complexity index is 1270. The maximum Gasteiger partial charge on any atom is 0.257 e. The number of nitrogens with zero attached hydrogens (tertiary/aromatic N) is 3. The zero-order chi connectivity index (χ0) is 22.3. The molecule has 3 aromatic rings. The molecule has 0 fully saturated rings. The number of carbonyl (C=O) groups excluding carboxylic acids is 1. The normalized spacial score (nSPS) is 16.9. The van der Waals surface area contributed by atoms with Gasteiger partial charge in [-0.2, -0.15) is 4.31 Å². The number of fused-ring (bicyclic) bond motifs is 2. The van der Waals surface area contributed by atoms with Gasteiger partial charge in [0.1, 0.15) is 0 Å². The van der Waals surface area contributed by atoms with Gasteiger partial charge in [-0.15, -0.1) is 11.3 Å². The molecule has 0 saturated heterocycles. The number of thiazole rings is 1. The first kappa shape index (κ1) is 21.3. The fourth-order valence-corrected chi connectivity index (χ4v) is 6.65. The molecule has 5 rings (SSSR count). The van der Waals surface area contributed by atoms with Gasteiger partial charge in [-0.25, -0.2) is 13.4 Å². The van der Waals surface area contributed by atoms with Crippen LogP contribution in [0.5, 0.6) is 0 Å². The Morgan fingerprint density at radius 3 is 2.53 bits per heavy atom. The van der Waals surface area contributed by atoms with Crippen molar-refractivity contribution in [1.29, 1.82) is 0 Å². The smallest absolute Gasteiger partial charge is 0.257 e. The van der Waals surface area contributed by atoms with Gasteiger partial charge in [0.25, 0.3) is 5.91 Å². The lowest BCUT2D eigenvalue weighted by Crippen LogP contribution is -2.35. The van der Waals surface area contributed by atoms with Crippen molar-refractivity contribution in [3.05, 3.63) is 75.8 Å². The van der Waals surface area contributed by atoms with Crippen LogP contribution in [-0.4, -0.2) is 48.7 Å². The highest BCUT2D eigenvalue weighted by atomic mass is 32.2. The number of hydrogen-bond acceptors (Lipinski definition) is 6. The molecular weight excluding hydrogens is 444 g/mol. The third-order valence-electron chi connectivity index (χ3n) is 5.99. The topological polar surface area (TPSA) is 82.6 Å². The van der Waals surface area contributed by atoms with E-state index >= 15 is 0 Å². The van der Waals surface area contributed by atoms with Gasteiger partial charge in [-0.3, -0.25) is 10.1 Å². The van der Waals surface area contributed by atoms with Crippen molar-refractivity contribution in [2.45, 2.75) is 30.8 Å². The number of rotatable bonds is 4. The number of aromatic nitrogens is 1. The molecule has 1 N–H and O–H groups in total. The number of amides is 1. The molecule has 2 aliphatic heterocycles. The van der Waals surface area contributed by atoms with Gasteiger partial charge in [0.05, 0.1) is 10.6 Å². The molecule has 32 heavy (non-hydrogen) atoms. The Morgan fingerprint density at radius 2 is 1.75 bits per heavy atom. The minimum Gasteiger partial charge on any atom is -0.301 e. The number of hydrogen-bond donors (Lipinski definition) is 1. The highest BCUT2D eigenvalue weighted by Gasteiger charge is 2.28. The fraction of sp³-hybridized carbons (Fsp3) is 0.304. The number of carbonyl (C=O) groups is 1. The molecule has 3 heterocycles. The predicted octanol–water partition coefficient (Wildman–Crippen LogP) is 3.13. The van der Waals surface area contributed by atoms with E-state index in [1.807, 2.05) is 24.3 Å². The van der Waals surface area contributed by atoms with E-state index in [-0.39, 0.29) is 10.8 Å². The van der Waals surface area contributed by atoms with Crippen molar-refractivity contribution in [3.8, 4) is 0 Å². The molecule has 2 aliphatic rings. The maximum atomic E-state index is 13.1. The van der Waals surface area contributed by atoms with E-state index < -0.39 is 10.0 Å². The van der Waals surface area contributed by atoms with Gasteiger partial charge >= 0.3 is 0 Å². The summed E-state index contributed by atoms with van der Waals surface area (Å²) in [4.78, 5) is 20.8. The summed E-state index contributed by atoms with van der Waals surface area (Å²) in [6.45, 7) is 2.62. The fourth-order valence-electron chi connectivity index (χ4n) is 4.15. The molecule has 0 saturated carbocycles. The summed E-state index contributed by atoms with van der Waals surface area (Å²) in [7, 11) is -1.56. The number of sulfonamides is 1. The van der Waals surface area contributed by atoms with E-state index in [1.165, 1.54) is 38.2 Å². The summed E-state index contributed by atoms with van der Waals surface area (Å²) in [5.41, 5.74) is 3.68. The summed E-state index contributed by atoms with van der Waals surface area (Å²) in [6, 6.07) is 14.1. The van der Waals surface area contributed by atoms with Crippen LogP contribution in [0.15, 0.2) is 53.4 Å². The largest absolute Gasteiger partial charge is 0.301 e. The second-order valence-corrected chi connectivity index (χ2v) is 11.2. The van der Waals surface area contributed by atoms with E-state index in [4.69, 9.17) is 0 Å². The predicted molar refractivity (Wildman–Crippen MR) is 124 cm³/mol. The van der Waals surface area contributed by atoms with Gasteiger partial charge < -0.3 is 4.90 Å². The van der Waals surface area contributed by atoms with Gasteiger partial charge in [0.2, 0.25) is 10.0 Å². The molecule has 0 unspecified atom stereocenters. The first-order valence-electron chi connectivity index (χ1n) is 10.6. The van der Waals surface area contributed by atoms with Crippen molar-refractivity contribution >= 4 is 32.4 Å². The van der Waals surface area contributed by atoms with Gasteiger partial charge in [-0.1, -0.05) is 24.3 Å². The highest BCUT2D eigenvalue weighted by Crippen LogP contribution is 2.28. The van der Waals surface area contributed by atoms with Crippen molar-refractivity contribution in [3.63, 3.8) is 0 Å². The average Bonchev–Trinajstić information content (AvgIpc) is 3.20. The number of anilines is 1. The van der Waals surface area contributed by atoms with E-state index in [1.54, 1.807) is 12.1 Å². The molecule has 0 aliphatic carbocycles. The summed E-state index contributed by atoms with van der Waals surface area (Å²) in [6.07, 6.45) is 1.58. The number of likely N-dealkylation sites (N-methyl/N-ethyl adjacent to an activating group) is 1. The molecule has 0 atom stereocenters. The molecular formula is C23H24N4O3S2. The molecule has 9 heteroatoms. The lowest BCUT2D eigenvalue weighted by molar-refractivity contribution is 0.102. The monoisotopic (exact) mass is 468 g/mol. The Labute approximate surface area is 191 Å². The zero-order valence-electron chi connectivity index (χ0n) is 17.7. The Kier molecular flexibility index (Phi) is 5.58. The number of benzene rings is 2. The molecule has 166 valence electrons. The molecule has 0 spiro atoms. The Balaban J connectivity index is 1.29. The quantitative estimate of drug-likeness (QED) is 0.636. The van der Waals surface area contributed by atoms with Crippen molar-refractivity contribution < 1.29 is 13.2 Å². The molecule has 7 nitrogen and oxygen atoms in total. The third-order valence-corrected chi connectivity index (χ3v) is 8.85. The standard InChI is InChI=1S/C23H24N4O3S2/c1-26-12-11-20-21(15-26)31-23(24-20)25-22(28)17-6-8-19(9-7-17)32(29,30)27-13-10-16-4-2-3-5-18(16)14-27/h2-9H,10-15H2,1H3,(H,24,25,28). The molecule has 0 radical (unpaired) electrons. The zero-order valence-corrected chi connectivity index (χ0v) is 19.4. The summed E-state index contributed by atoms with van der Waals surface area (Å²) in [5, 5.41) is 3.44. The third kappa shape index (κ3) is 4.09. The van der Waals surface area contributed by atoms with Crippen LogP contribution < -0.4 is 5.32 Å². The van der Waals surface area contributed by atoms with Crippen molar-refractivity contribution in [1.82, 2.24) is 14.2 Å². The minimum absolute atomic E-state index is 0.196. The van der Waals surface area contributed by atoms with Crippen LogP contribution in [-0.2, 0) is 36.0 Å². The van der Waals surface area contributed by atoms with Gasteiger partial charge in [-0.05, 0) is 48.9 Å². The Morgan fingerprint density at radius 1 is 1.00 bits per heavy atom. The Hall–Kier alpha value is -2.59. The molecule has 0 bridgehead atoms. The summed E-state index contributed by atoms with van der Waals surface area (Å²) >= 11 is 1.50. The number of nitrogens with one attached hydrogen (secondary N) is 1. The van der Waals surface area contributed by atoms with Crippen LogP contribution >= 0.6 is 11.3 Å². The van der Waals surface area contributed by atoms with E-state index in [2.05, 4.69) is 22.2 Å². The van der Waals surface area contributed by atoms with E-state index in [0.717, 1.165) is 30.8 Å². The second-order valence-electron chi connectivity index (χ2n) is 8.21. The van der Waals surface area contributed by atoms with Gasteiger partial charge in [0, 0.05) is 43.0 Å². The highest BCUT2D eigenvalue weighted by molar-refractivity contribution is 7.89. The minimum atomic E-state index is -3.63. The van der Waals surface area contributed by atoms with Gasteiger partial charge in [0.15, 0.2) is 5.13 Å². The molecule has 1 amide bonds. The summed E-state index contributed by atoms with van der Waals surface area (Å²) in [5.74, 6) is -0.291.